The summed E-state index contributed by atoms with van der Waals surface area (Å²) in [4.78, 5) is 12.3. The molecule has 2 unspecified atom stereocenters. The van der Waals surface area contributed by atoms with Crippen LogP contribution >= 0.6 is 28.3 Å². The largest absolute Gasteiger partial charge is 0.495 e. The molecule has 1 aromatic rings. The molecule has 0 spiro atoms. The van der Waals surface area contributed by atoms with Crippen molar-refractivity contribution in [1.29, 1.82) is 0 Å². The number of anilines is 1. The number of hydrogen-bond donors (Lipinski definition) is 2. The molecular formula is C16H22BrClN2O2. The lowest BCUT2D eigenvalue weighted by molar-refractivity contribution is -0.117. The van der Waals surface area contributed by atoms with Crippen molar-refractivity contribution in [1.82, 2.24) is 5.32 Å². The van der Waals surface area contributed by atoms with Crippen molar-refractivity contribution >= 4 is 39.9 Å². The van der Waals surface area contributed by atoms with Crippen LogP contribution in [0.5, 0.6) is 5.75 Å². The summed E-state index contributed by atoms with van der Waals surface area (Å²) in [6.45, 7) is 0. The Balaban J connectivity index is 0.00000176. The van der Waals surface area contributed by atoms with E-state index in [2.05, 4.69) is 26.6 Å². The first kappa shape index (κ1) is 17.6. The van der Waals surface area contributed by atoms with Crippen LogP contribution in [0.3, 0.4) is 0 Å². The van der Waals surface area contributed by atoms with Gasteiger partial charge in [-0.25, -0.2) is 0 Å². The molecule has 2 N–H and O–H groups in total. The predicted molar refractivity (Wildman–Crippen MR) is 93.9 cm³/mol. The van der Waals surface area contributed by atoms with Gasteiger partial charge in [0.1, 0.15) is 5.75 Å². The lowest BCUT2D eigenvalue weighted by atomic mass is 9.89. The van der Waals surface area contributed by atoms with Gasteiger partial charge in [-0.05, 0) is 49.8 Å². The van der Waals surface area contributed by atoms with Crippen molar-refractivity contribution in [2.24, 2.45) is 5.92 Å². The molecule has 2 atom stereocenters. The third kappa shape index (κ3) is 4.15. The first-order valence-electron chi connectivity index (χ1n) is 7.53. The first-order chi connectivity index (χ1) is 10.1. The summed E-state index contributed by atoms with van der Waals surface area (Å²) in [5, 5.41) is 6.60. The lowest BCUT2D eigenvalue weighted by Gasteiger charge is -2.28. The number of piperidine rings is 1. The van der Waals surface area contributed by atoms with Crippen LogP contribution in [0.25, 0.3) is 0 Å². The number of carbonyl (C=O) groups is 1. The molecule has 0 aromatic heterocycles. The zero-order chi connectivity index (χ0) is 14.8. The summed E-state index contributed by atoms with van der Waals surface area (Å²) in [5.41, 5.74) is 0.730. The molecule has 122 valence electrons. The van der Waals surface area contributed by atoms with Gasteiger partial charge in [0.15, 0.2) is 0 Å². The third-order valence-electron chi connectivity index (χ3n) is 4.48. The maximum atomic E-state index is 12.3. The van der Waals surface area contributed by atoms with Crippen molar-refractivity contribution in [2.45, 2.75) is 44.2 Å². The van der Waals surface area contributed by atoms with Gasteiger partial charge in [0.05, 0.1) is 12.8 Å². The zero-order valence-corrected chi connectivity index (χ0v) is 15.0. The Hall–Kier alpha value is -0.780. The smallest absolute Gasteiger partial charge is 0.224 e. The number of fused-ring (bicyclic) bond motifs is 2. The molecular weight excluding hydrogens is 368 g/mol. The number of methoxy groups -OCH3 is 1. The standard InChI is InChI=1S/C16H21BrN2O2.ClH/c1-21-15-5-2-11(17)9-14(15)19-16(20)8-10-6-12-3-4-13(7-10)18-12;/h2,5,9-10,12-13,18H,3-4,6-8H2,1H3,(H,19,20);1H. The Morgan fingerprint density at radius 2 is 2.05 bits per heavy atom. The second-order valence-corrected chi connectivity index (χ2v) is 6.99. The van der Waals surface area contributed by atoms with Crippen molar-refractivity contribution in [3.8, 4) is 5.75 Å². The van der Waals surface area contributed by atoms with E-state index in [0.717, 1.165) is 23.0 Å². The third-order valence-corrected chi connectivity index (χ3v) is 4.97. The van der Waals surface area contributed by atoms with Gasteiger partial charge in [-0.3, -0.25) is 4.79 Å². The van der Waals surface area contributed by atoms with Crippen LogP contribution < -0.4 is 15.4 Å². The van der Waals surface area contributed by atoms with E-state index in [1.54, 1.807) is 7.11 Å². The van der Waals surface area contributed by atoms with E-state index in [9.17, 15) is 4.79 Å². The minimum absolute atomic E-state index is 0. The van der Waals surface area contributed by atoms with E-state index in [0.29, 0.717) is 30.2 Å². The normalized spacial score (nSPS) is 26.2. The van der Waals surface area contributed by atoms with E-state index in [1.165, 1.54) is 12.8 Å². The molecule has 22 heavy (non-hydrogen) atoms. The number of rotatable bonds is 4. The predicted octanol–water partition coefficient (Wildman–Crippen LogP) is 3.74. The minimum atomic E-state index is 0. The SMILES string of the molecule is COc1ccc(Br)cc1NC(=O)CC1CC2CCC(C1)N2.Cl. The van der Waals surface area contributed by atoms with E-state index in [1.807, 2.05) is 18.2 Å². The number of carbonyl (C=O) groups excluding carboxylic acids is 1. The van der Waals surface area contributed by atoms with E-state index >= 15 is 0 Å². The molecule has 3 rings (SSSR count). The van der Waals surface area contributed by atoms with Crippen LogP contribution in [0.1, 0.15) is 32.1 Å². The van der Waals surface area contributed by atoms with Gasteiger partial charge in [0.25, 0.3) is 0 Å². The Morgan fingerprint density at radius 3 is 2.68 bits per heavy atom. The summed E-state index contributed by atoms with van der Waals surface area (Å²) in [5.74, 6) is 1.27. The highest BCUT2D eigenvalue weighted by Crippen LogP contribution is 2.33. The molecule has 0 aliphatic carbocycles. The van der Waals surface area contributed by atoms with Gasteiger partial charge in [0, 0.05) is 23.0 Å². The summed E-state index contributed by atoms with van der Waals surface area (Å²) in [6, 6.07) is 6.88. The maximum absolute atomic E-state index is 12.3. The fraction of sp³-hybridized carbons (Fsp3) is 0.562. The van der Waals surface area contributed by atoms with Gasteiger partial charge in [-0.2, -0.15) is 0 Å². The van der Waals surface area contributed by atoms with Gasteiger partial charge >= 0.3 is 0 Å². The molecule has 2 heterocycles. The minimum Gasteiger partial charge on any atom is -0.495 e. The van der Waals surface area contributed by atoms with Gasteiger partial charge < -0.3 is 15.4 Å². The summed E-state index contributed by atoms with van der Waals surface area (Å²) in [6.07, 6.45) is 5.38. The zero-order valence-electron chi connectivity index (χ0n) is 12.6. The van der Waals surface area contributed by atoms with E-state index in [4.69, 9.17) is 4.74 Å². The number of nitrogens with one attached hydrogen (secondary N) is 2. The Labute approximate surface area is 145 Å². The van der Waals surface area contributed by atoms with Crippen LogP contribution in [0.2, 0.25) is 0 Å². The number of halogens is 2. The quantitative estimate of drug-likeness (QED) is 0.825. The number of amides is 1. The lowest BCUT2D eigenvalue weighted by Crippen LogP contribution is -2.39. The van der Waals surface area contributed by atoms with Crippen LogP contribution in [-0.4, -0.2) is 25.1 Å². The highest BCUT2D eigenvalue weighted by atomic mass is 79.9. The molecule has 0 saturated carbocycles. The molecule has 2 aliphatic heterocycles. The number of benzene rings is 1. The Kier molecular flexibility index (Phi) is 6.12. The fourth-order valence-electron chi connectivity index (χ4n) is 3.58. The average Bonchev–Trinajstić information content (AvgIpc) is 2.78. The average molecular weight is 390 g/mol. The second-order valence-electron chi connectivity index (χ2n) is 6.07. The highest BCUT2D eigenvalue weighted by Gasteiger charge is 2.34. The molecule has 4 nitrogen and oxygen atoms in total. The van der Waals surface area contributed by atoms with Crippen molar-refractivity contribution < 1.29 is 9.53 Å². The van der Waals surface area contributed by atoms with Crippen LogP contribution in [-0.2, 0) is 4.79 Å². The number of ether oxygens (including phenoxy) is 1. The summed E-state index contributed by atoms with van der Waals surface area (Å²) in [7, 11) is 1.61. The highest BCUT2D eigenvalue weighted by molar-refractivity contribution is 9.10. The molecule has 6 heteroatoms. The molecule has 2 saturated heterocycles. The topological polar surface area (TPSA) is 50.4 Å². The number of hydrogen-bond acceptors (Lipinski definition) is 3. The van der Waals surface area contributed by atoms with Crippen LogP contribution in [0, 0.1) is 5.92 Å². The molecule has 2 bridgehead atoms. The summed E-state index contributed by atoms with van der Waals surface area (Å²) < 4.78 is 6.22. The fourth-order valence-corrected chi connectivity index (χ4v) is 3.94. The second kappa shape index (κ2) is 7.66. The van der Waals surface area contributed by atoms with Gasteiger partial charge in [-0.15, -0.1) is 12.4 Å². The van der Waals surface area contributed by atoms with Crippen LogP contribution in [0.4, 0.5) is 5.69 Å². The molecule has 1 amide bonds. The van der Waals surface area contributed by atoms with Crippen molar-refractivity contribution in [3.63, 3.8) is 0 Å². The van der Waals surface area contributed by atoms with Crippen molar-refractivity contribution in [2.75, 3.05) is 12.4 Å². The molecule has 2 fully saturated rings. The van der Waals surface area contributed by atoms with E-state index < -0.39 is 0 Å². The van der Waals surface area contributed by atoms with Gasteiger partial charge in [0.2, 0.25) is 5.91 Å². The monoisotopic (exact) mass is 388 g/mol. The van der Waals surface area contributed by atoms with Crippen molar-refractivity contribution in [3.05, 3.63) is 22.7 Å². The molecule has 1 aromatic carbocycles. The van der Waals surface area contributed by atoms with E-state index in [-0.39, 0.29) is 18.3 Å². The summed E-state index contributed by atoms with van der Waals surface area (Å²) >= 11 is 3.42. The van der Waals surface area contributed by atoms with Gasteiger partial charge in [-0.1, -0.05) is 15.9 Å². The Bertz CT molecular complexity index is 529. The molecule has 0 radical (unpaired) electrons. The molecule has 2 aliphatic rings. The maximum Gasteiger partial charge on any atom is 0.224 e. The Morgan fingerprint density at radius 1 is 1.36 bits per heavy atom. The van der Waals surface area contributed by atoms with Crippen LogP contribution in [0.15, 0.2) is 22.7 Å². The first-order valence-corrected chi connectivity index (χ1v) is 8.33.